The molecule has 1 aliphatic heterocycles. The Kier molecular flexibility index (Phi) is 6.49. The molecule has 1 fully saturated rings. The molecule has 0 spiro atoms. The SMILES string of the molecule is O=C(Nc1ccccc1)C1CCN(C(=O)COc2cccc(I)c2)CC1. The number of carbonyl (C=O) groups is 2. The normalized spacial score (nSPS) is 14.7. The van der Waals surface area contributed by atoms with Crippen LogP contribution in [0.5, 0.6) is 5.75 Å². The summed E-state index contributed by atoms with van der Waals surface area (Å²) < 4.78 is 6.65. The van der Waals surface area contributed by atoms with Crippen molar-refractivity contribution >= 4 is 40.1 Å². The Morgan fingerprint density at radius 2 is 1.81 bits per heavy atom. The Balaban J connectivity index is 1.44. The Hall–Kier alpha value is -2.09. The maximum absolute atomic E-state index is 12.3. The third-order valence-corrected chi connectivity index (χ3v) is 5.09. The molecule has 1 heterocycles. The number of rotatable bonds is 5. The van der Waals surface area contributed by atoms with Crippen molar-refractivity contribution in [3.05, 3.63) is 58.2 Å². The Morgan fingerprint density at radius 3 is 2.50 bits per heavy atom. The number of carbonyl (C=O) groups excluding carboxylic acids is 2. The molecule has 3 rings (SSSR count). The van der Waals surface area contributed by atoms with Crippen LogP contribution in [0.25, 0.3) is 0 Å². The molecule has 2 aromatic carbocycles. The summed E-state index contributed by atoms with van der Waals surface area (Å²) in [5, 5.41) is 2.94. The van der Waals surface area contributed by atoms with Gasteiger partial charge in [-0.15, -0.1) is 0 Å². The van der Waals surface area contributed by atoms with E-state index in [1.54, 1.807) is 4.90 Å². The van der Waals surface area contributed by atoms with Crippen molar-refractivity contribution in [1.29, 1.82) is 0 Å². The van der Waals surface area contributed by atoms with Crippen LogP contribution in [0.15, 0.2) is 54.6 Å². The van der Waals surface area contributed by atoms with E-state index < -0.39 is 0 Å². The molecule has 0 aromatic heterocycles. The number of benzene rings is 2. The van der Waals surface area contributed by atoms with E-state index in [9.17, 15) is 9.59 Å². The minimum atomic E-state index is -0.0594. The molecule has 1 saturated heterocycles. The predicted molar refractivity (Wildman–Crippen MR) is 109 cm³/mol. The minimum Gasteiger partial charge on any atom is -0.484 e. The largest absolute Gasteiger partial charge is 0.484 e. The van der Waals surface area contributed by atoms with Crippen molar-refractivity contribution in [1.82, 2.24) is 4.90 Å². The van der Waals surface area contributed by atoms with E-state index in [2.05, 4.69) is 27.9 Å². The highest BCUT2D eigenvalue weighted by atomic mass is 127. The summed E-state index contributed by atoms with van der Waals surface area (Å²) in [7, 11) is 0. The first kappa shape index (κ1) is 18.7. The molecule has 26 heavy (non-hydrogen) atoms. The highest BCUT2D eigenvalue weighted by Gasteiger charge is 2.27. The fourth-order valence-electron chi connectivity index (χ4n) is 2.95. The first-order chi connectivity index (χ1) is 12.6. The van der Waals surface area contributed by atoms with Crippen molar-refractivity contribution in [3.8, 4) is 5.75 Å². The van der Waals surface area contributed by atoms with Gasteiger partial charge in [-0.1, -0.05) is 24.3 Å². The van der Waals surface area contributed by atoms with E-state index in [0.29, 0.717) is 31.7 Å². The van der Waals surface area contributed by atoms with Crippen LogP contribution in [0, 0.1) is 9.49 Å². The number of anilines is 1. The number of nitrogens with one attached hydrogen (secondary N) is 1. The molecule has 6 heteroatoms. The van der Waals surface area contributed by atoms with Gasteiger partial charge in [-0.25, -0.2) is 0 Å². The third-order valence-electron chi connectivity index (χ3n) is 4.42. The van der Waals surface area contributed by atoms with Crippen molar-refractivity contribution < 1.29 is 14.3 Å². The topological polar surface area (TPSA) is 58.6 Å². The fourth-order valence-corrected chi connectivity index (χ4v) is 3.46. The summed E-state index contributed by atoms with van der Waals surface area (Å²) >= 11 is 2.21. The zero-order valence-electron chi connectivity index (χ0n) is 14.4. The lowest BCUT2D eigenvalue weighted by atomic mass is 9.95. The summed E-state index contributed by atoms with van der Waals surface area (Å²) in [5.74, 6) is 0.627. The fraction of sp³-hybridized carbons (Fsp3) is 0.300. The first-order valence-electron chi connectivity index (χ1n) is 8.64. The van der Waals surface area contributed by atoms with E-state index in [4.69, 9.17) is 4.74 Å². The molecule has 0 unspecified atom stereocenters. The molecule has 0 bridgehead atoms. The summed E-state index contributed by atoms with van der Waals surface area (Å²) in [6.07, 6.45) is 1.35. The molecule has 0 saturated carbocycles. The second kappa shape index (κ2) is 9.02. The second-order valence-electron chi connectivity index (χ2n) is 6.26. The van der Waals surface area contributed by atoms with Crippen molar-refractivity contribution in [2.75, 3.05) is 25.0 Å². The van der Waals surface area contributed by atoms with Gasteiger partial charge in [0.2, 0.25) is 5.91 Å². The highest BCUT2D eigenvalue weighted by Crippen LogP contribution is 2.20. The molecular weight excluding hydrogens is 443 g/mol. The monoisotopic (exact) mass is 464 g/mol. The number of para-hydroxylation sites is 1. The number of nitrogens with zero attached hydrogens (tertiary/aromatic N) is 1. The van der Waals surface area contributed by atoms with Crippen molar-refractivity contribution in [2.24, 2.45) is 5.92 Å². The molecular formula is C20H21IN2O3. The predicted octanol–water partition coefficient (Wildman–Crippen LogP) is 3.55. The molecule has 1 aliphatic rings. The number of halogens is 1. The summed E-state index contributed by atoms with van der Waals surface area (Å²) in [5.41, 5.74) is 0.807. The Bertz CT molecular complexity index is 759. The van der Waals surface area contributed by atoms with Gasteiger partial charge >= 0.3 is 0 Å². The number of likely N-dealkylation sites (tertiary alicyclic amines) is 1. The zero-order valence-corrected chi connectivity index (χ0v) is 16.5. The maximum atomic E-state index is 12.3. The number of piperidine rings is 1. The number of ether oxygens (including phenoxy) is 1. The highest BCUT2D eigenvalue weighted by molar-refractivity contribution is 14.1. The summed E-state index contributed by atoms with van der Waals surface area (Å²) in [4.78, 5) is 26.4. The van der Waals surface area contributed by atoms with Crippen LogP contribution in [-0.4, -0.2) is 36.4 Å². The van der Waals surface area contributed by atoms with Crippen LogP contribution in [0.3, 0.4) is 0 Å². The number of hydrogen-bond acceptors (Lipinski definition) is 3. The summed E-state index contributed by atoms with van der Waals surface area (Å²) in [6.45, 7) is 1.20. The lowest BCUT2D eigenvalue weighted by Gasteiger charge is -2.31. The van der Waals surface area contributed by atoms with E-state index in [1.807, 2.05) is 54.6 Å². The van der Waals surface area contributed by atoms with E-state index in [-0.39, 0.29) is 24.3 Å². The van der Waals surface area contributed by atoms with Crippen LogP contribution in [0.2, 0.25) is 0 Å². The average Bonchev–Trinajstić information content (AvgIpc) is 2.67. The molecule has 0 atom stereocenters. The van der Waals surface area contributed by atoms with Crippen molar-refractivity contribution in [3.63, 3.8) is 0 Å². The van der Waals surface area contributed by atoms with E-state index in [1.165, 1.54) is 0 Å². The van der Waals surface area contributed by atoms with Crippen LogP contribution in [0.1, 0.15) is 12.8 Å². The quantitative estimate of drug-likeness (QED) is 0.689. The lowest BCUT2D eigenvalue weighted by Crippen LogP contribution is -2.43. The average molecular weight is 464 g/mol. The van der Waals surface area contributed by atoms with Crippen LogP contribution >= 0.6 is 22.6 Å². The van der Waals surface area contributed by atoms with Gasteiger partial charge in [0, 0.05) is 28.3 Å². The Labute approximate surface area is 166 Å². The number of amides is 2. The summed E-state index contributed by atoms with van der Waals surface area (Å²) in [6, 6.07) is 17.1. The van der Waals surface area contributed by atoms with Gasteiger partial charge in [0.15, 0.2) is 6.61 Å². The molecule has 2 amide bonds. The second-order valence-corrected chi connectivity index (χ2v) is 7.50. The van der Waals surface area contributed by atoms with Gasteiger partial charge in [-0.2, -0.15) is 0 Å². The lowest BCUT2D eigenvalue weighted by molar-refractivity contribution is -0.136. The van der Waals surface area contributed by atoms with Crippen LogP contribution in [0.4, 0.5) is 5.69 Å². The smallest absolute Gasteiger partial charge is 0.260 e. The van der Waals surface area contributed by atoms with Gasteiger partial charge in [0.05, 0.1) is 0 Å². The van der Waals surface area contributed by atoms with Gasteiger partial charge in [0.1, 0.15) is 5.75 Å². The van der Waals surface area contributed by atoms with Crippen LogP contribution < -0.4 is 10.1 Å². The molecule has 5 nitrogen and oxygen atoms in total. The van der Waals surface area contributed by atoms with Gasteiger partial charge < -0.3 is 15.0 Å². The minimum absolute atomic E-state index is 0.0263. The first-order valence-corrected chi connectivity index (χ1v) is 9.72. The van der Waals surface area contributed by atoms with Crippen LogP contribution in [-0.2, 0) is 9.59 Å². The maximum Gasteiger partial charge on any atom is 0.260 e. The molecule has 136 valence electrons. The van der Waals surface area contributed by atoms with Gasteiger partial charge in [-0.3, -0.25) is 9.59 Å². The zero-order chi connectivity index (χ0) is 18.4. The number of hydrogen-bond donors (Lipinski definition) is 1. The molecule has 2 aromatic rings. The van der Waals surface area contributed by atoms with Gasteiger partial charge in [-0.05, 0) is 65.8 Å². The molecule has 0 radical (unpaired) electrons. The molecule has 0 aliphatic carbocycles. The van der Waals surface area contributed by atoms with E-state index in [0.717, 1.165) is 9.26 Å². The van der Waals surface area contributed by atoms with Gasteiger partial charge in [0.25, 0.3) is 5.91 Å². The molecule has 1 N–H and O–H groups in total. The third kappa shape index (κ3) is 5.20. The van der Waals surface area contributed by atoms with Crippen molar-refractivity contribution in [2.45, 2.75) is 12.8 Å². The standard InChI is InChI=1S/C20H21IN2O3/c21-16-5-4-8-18(13-16)26-14-19(24)23-11-9-15(10-12-23)20(25)22-17-6-2-1-3-7-17/h1-8,13,15H,9-12,14H2,(H,22,25). The van der Waals surface area contributed by atoms with E-state index >= 15 is 0 Å². The Morgan fingerprint density at radius 1 is 1.08 bits per heavy atom.